The number of hydrogen-bond acceptors (Lipinski definition) is 4. The average Bonchev–Trinajstić information content (AvgIpc) is 3.14. The van der Waals surface area contributed by atoms with E-state index in [1.54, 1.807) is 23.1 Å². The normalized spacial score (nSPS) is 15.1. The number of ether oxygens (including phenoxy) is 1. The van der Waals surface area contributed by atoms with Gasteiger partial charge in [0.05, 0.1) is 23.6 Å². The summed E-state index contributed by atoms with van der Waals surface area (Å²) >= 11 is 0. The van der Waals surface area contributed by atoms with Gasteiger partial charge in [0.1, 0.15) is 11.3 Å². The lowest BCUT2D eigenvalue weighted by molar-refractivity contribution is 0.0730. The molecule has 1 aliphatic rings. The van der Waals surface area contributed by atoms with Gasteiger partial charge in [-0.05, 0) is 48.2 Å². The molecule has 0 N–H and O–H groups in total. The van der Waals surface area contributed by atoms with Crippen molar-refractivity contribution in [2.24, 2.45) is 0 Å². The molecule has 0 bridgehead atoms. The monoisotopic (exact) mass is 439 g/mol. The number of fused-ring (bicyclic) bond motifs is 2. The Bertz CT molecular complexity index is 1360. The van der Waals surface area contributed by atoms with Gasteiger partial charge in [0.25, 0.3) is 5.91 Å². The van der Waals surface area contributed by atoms with Crippen molar-refractivity contribution >= 4 is 16.9 Å². The quantitative estimate of drug-likeness (QED) is 0.388. The Morgan fingerprint density at radius 1 is 0.939 bits per heavy atom. The Labute approximate surface area is 192 Å². The Morgan fingerprint density at radius 3 is 2.55 bits per heavy atom. The largest absolute Gasteiger partial charge is 0.494 e. The topological polar surface area (TPSA) is 59.8 Å². The molecule has 1 amide bonds. The predicted octanol–water partition coefficient (Wildman–Crippen LogP) is 5.37. The van der Waals surface area contributed by atoms with Crippen LogP contribution >= 0.6 is 0 Å². The molecule has 0 saturated carbocycles. The maximum Gasteiger partial charge on any atom is 0.290 e. The third-order valence-corrected chi connectivity index (χ3v) is 6.00. The first kappa shape index (κ1) is 21.0. The summed E-state index contributed by atoms with van der Waals surface area (Å²) in [6.45, 7) is 3.12. The summed E-state index contributed by atoms with van der Waals surface area (Å²) in [7, 11) is 0. The predicted molar refractivity (Wildman–Crippen MR) is 128 cm³/mol. The van der Waals surface area contributed by atoms with Crippen molar-refractivity contribution < 1.29 is 13.9 Å². The SMILES string of the molecule is CCCOc1cccc([C@@H]2c3c(oc4ccccc4c3=O)C(=O)N2CCc2ccccc2)c1. The van der Waals surface area contributed by atoms with Crippen LogP contribution < -0.4 is 10.2 Å². The summed E-state index contributed by atoms with van der Waals surface area (Å²) in [4.78, 5) is 28.8. The molecule has 0 radical (unpaired) electrons. The lowest BCUT2D eigenvalue weighted by Gasteiger charge is -2.25. The van der Waals surface area contributed by atoms with Gasteiger partial charge >= 0.3 is 0 Å². The van der Waals surface area contributed by atoms with E-state index in [0.717, 1.165) is 23.3 Å². The van der Waals surface area contributed by atoms with E-state index in [2.05, 4.69) is 6.92 Å². The smallest absolute Gasteiger partial charge is 0.290 e. The molecule has 0 fully saturated rings. The number of carbonyl (C=O) groups excluding carboxylic acids is 1. The highest BCUT2D eigenvalue weighted by atomic mass is 16.5. The molecule has 3 aromatic carbocycles. The van der Waals surface area contributed by atoms with Gasteiger partial charge in [-0.1, -0.05) is 61.5 Å². The second-order valence-electron chi connectivity index (χ2n) is 8.23. The van der Waals surface area contributed by atoms with E-state index in [1.807, 2.05) is 60.7 Å². The summed E-state index contributed by atoms with van der Waals surface area (Å²) in [5, 5.41) is 0.484. The standard InChI is InChI=1S/C28H25NO4/c1-2-17-32-21-12-8-11-20(18-21)25-24-26(30)22-13-6-7-14-23(22)33-27(24)28(31)29(25)16-15-19-9-4-3-5-10-19/h3-14,18,25H,2,15-17H2,1H3/t25-/m1/s1. The molecule has 5 rings (SSSR count). The summed E-state index contributed by atoms with van der Waals surface area (Å²) in [5.41, 5.74) is 2.64. The van der Waals surface area contributed by atoms with Gasteiger partial charge < -0.3 is 14.1 Å². The summed E-state index contributed by atoms with van der Waals surface area (Å²) in [6, 6.07) is 24.2. The lowest BCUT2D eigenvalue weighted by Crippen LogP contribution is -2.31. The van der Waals surface area contributed by atoms with E-state index in [9.17, 15) is 9.59 Å². The Morgan fingerprint density at radius 2 is 1.73 bits per heavy atom. The first-order valence-electron chi connectivity index (χ1n) is 11.3. The number of amides is 1. The molecule has 2 heterocycles. The fourth-order valence-corrected chi connectivity index (χ4v) is 4.43. The van der Waals surface area contributed by atoms with Crippen molar-refractivity contribution in [2.75, 3.05) is 13.2 Å². The van der Waals surface area contributed by atoms with Gasteiger partial charge in [0, 0.05) is 6.54 Å². The molecule has 5 nitrogen and oxygen atoms in total. The molecule has 1 atom stereocenters. The molecule has 1 aliphatic heterocycles. The third kappa shape index (κ3) is 3.91. The minimum absolute atomic E-state index is 0.136. The van der Waals surface area contributed by atoms with E-state index in [1.165, 1.54) is 0 Å². The minimum atomic E-state index is -0.526. The zero-order valence-electron chi connectivity index (χ0n) is 18.5. The van der Waals surface area contributed by atoms with Crippen LogP contribution in [0.2, 0.25) is 0 Å². The zero-order chi connectivity index (χ0) is 22.8. The Kier molecular flexibility index (Phi) is 5.69. The number of hydrogen-bond donors (Lipinski definition) is 0. The Balaban J connectivity index is 1.62. The third-order valence-electron chi connectivity index (χ3n) is 6.00. The molecule has 1 aromatic heterocycles. The van der Waals surface area contributed by atoms with Crippen molar-refractivity contribution in [1.82, 2.24) is 4.90 Å². The zero-order valence-corrected chi connectivity index (χ0v) is 18.5. The molecule has 5 heteroatoms. The fraction of sp³-hybridized carbons (Fsp3) is 0.214. The van der Waals surface area contributed by atoms with Gasteiger partial charge in [-0.2, -0.15) is 0 Å². The van der Waals surface area contributed by atoms with E-state index >= 15 is 0 Å². The van der Waals surface area contributed by atoms with Crippen molar-refractivity contribution in [3.05, 3.63) is 112 Å². The van der Waals surface area contributed by atoms with Gasteiger partial charge in [0.2, 0.25) is 5.76 Å². The highest BCUT2D eigenvalue weighted by molar-refractivity contribution is 5.99. The van der Waals surface area contributed by atoms with Crippen LogP contribution in [-0.2, 0) is 6.42 Å². The number of para-hydroxylation sites is 1. The second-order valence-corrected chi connectivity index (χ2v) is 8.23. The average molecular weight is 440 g/mol. The van der Waals surface area contributed by atoms with Gasteiger partial charge in [-0.15, -0.1) is 0 Å². The molecule has 0 aliphatic carbocycles. The van der Waals surface area contributed by atoms with Crippen LogP contribution in [0, 0.1) is 0 Å². The highest BCUT2D eigenvalue weighted by Gasteiger charge is 2.42. The van der Waals surface area contributed by atoms with Crippen LogP contribution in [0.5, 0.6) is 5.75 Å². The van der Waals surface area contributed by atoms with E-state index in [0.29, 0.717) is 36.1 Å². The van der Waals surface area contributed by atoms with Crippen LogP contribution in [0.15, 0.2) is 88.1 Å². The maximum atomic E-state index is 13.6. The molecular weight excluding hydrogens is 414 g/mol. The van der Waals surface area contributed by atoms with Crippen LogP contribution in [0.25, 0.3) is 11.0 Å². The summed E-state index contributed by atoms with van der Waals surface area (Å²) in [6.07, 6.45) is 1.57. The molecule has 166 valence electrons. The van der Waals surface area contributed by atoms with Gasteiger partial charge in [-0.25, -0.2) is 0 Å². The lowest BCUT2D eigenvalue weighted by atomic mass is 9.98. The fourth-order valence-electron chi connectivity index (χ4n) is 4.43. The number of carbonyl (C=O) groups is 1. The first-order chi connectivity index (χ1) is 16.2. The van der Waals surface area contributed by atoms with Crippen LogP contribution in [0.4, 0.5) is 0 Å². The molecule has 0 unspecified atom stereocenters. The minimum Gasteiger partial charge on any atom is -0.494 e. The molecule has 0 spiro atoms. The summed E-state index contributed by atoms with van der Waals surface area (Å²) in [5.74, 6) is 0.605. The molecule has 0 saturated heterocycles. The van der Waals surface area contributed by atoms with Crippen LogP contribution in [0.1, 0.15) is 46.6 Å². The first-order valence-corrected chi connectivity index (χ1v) is 11.3. The van der Waals surface area contributed by atoms with E-state index < -0.39 is 6.04 Å². The van der Waals surface area contributed by atoms with Crippen LogP contribution in [-0.4, -0.2) is 24.0 Å². The van der Waals surface area contributed by atoms with Crippen molar-refractivity contribution in [2.45, 2.75) is 25.8 Å². The number of nitrogens with zero attached hydrogens (tertiary/aromatic N) is 1. The number of benzene rings is 3. The highest BCUT2D eigenvalue weighted by Crippen LogP contribution is 2.39. The van der Waals surface area contributed by atoms with E-state index in [4.69, 9.17) is 9.15 Å². The molecular formula is C28H25NO4. The van der Waals surface area contributed by atoms with Crippen molar-refractivity contribution in [3.63, 3.8) is 0 Å². The molecule has 33 heavy (non-hydrogen) atoms. The summed E-state index contributed by atoms with van der Waals surface area (Å²) < 4.78 is 11.8. The molecule has 4 aromatic rings. The second kappa shape index (κ2) is 8.94. The van der Waals surface area contributed by atoms with Gasteiger partial charge in [0.15, 0.2) is 5.43 Å². The van der Waals surface area contributed by atoms with Crippen molar-refractivity contribution in [3.8, 4) is 5.75 Å². The maximum absolute atomic E-state index is 13.6. The van der Waals surface area contributed by atoms with Gasteiger partial charge in [-0.3, -0.25) is 9.59 Å². The Hall–Kier alpha value is -3.86. The van der Waals surface area contributed by atoms with Crippen LogP contribution in [0.3, 0.4) is 0 Å². The van der Waals surface area contributed by atoms with E-state index in [-0.39, 0.29) is 17.1 Å². The number of rotatable bonds is 7. The van der Waals surface area contributed by atoms with Crippen molar-refractivity contribution in [1.29, 1.82) is 0 Å².